The Bertz CT molecular complexity index is 3770. The van der Waals surface area contributed by atoms with E-state index in [1.807, 2.05) is 0 Å². The number of hydrogen-bond donors (Lipinski definition) is 2. The Hall–Kier alpha value is -6.58. The predicted molar refractivity (Wildman–Crippen MR) is 343 cm³/mol. The van der Waals surface area contributed by atoms with Gasteiger partial charge in [0.2, 0.25) is 0 Å². The molecular weight excluding hydrogens is 1040 g/mol. The number of benzene rings is 4. The van der Waals surface area contributed by atoms with Crippen LogP contribution >= 0.6 is 0 Å². The maximum absolute atomic E-state index is 6.53. The van der Waals surface area contributed by atoms with E-state index in [1.54, 1.807) is 0 Å². The van der Waals surface area contributed by atoms with E-state index in [2.05, 4.69) is 266 Å². The van der Waals surface area contributed by atoms with E-state index in [0.29, 0.717) is 0 Å². The van der Waals surface area contributed by atoms with Crippen molar-refractivity contribution >= 4 is 96.7 Å². The number of rotatable bonds is 8. The van der Waals surface area contributed by atoms with Gasteiger partial charge in [-0.2, -0.15) is 0 Å². The van der Waals surface area contributed by atoms with Crippen LogP contribution in [0.25, 0.3) is 90.9 Å². The summed E-state index contributed by atoms with van der Waals surface area (Å²) in [5, 5.41) is 0. The topological polar surface area (TPSA) is 131 Å². The zero-order valence-electron chi connectivity index (χ0n) is 51.3. The first-order valence-electron chi connectivity index (χ1n) is 29.5. The molecule has 3 aromatic heterocycles. The SMILES string of the molecule is CC1(C)OB(c2ccc(-c3c4nc(c(-c5ccc(B6OC(C)(C)C(C)(C)O6)cc5)c5ccc([nH]5)c(-c5ccc(B6OC(C)(C)C(C)(C)O6)cc5)c5ccc([nH]5)c(-c5ccc(B6OC(C)(C)C(C)(C)O6)cc5)c5nc3C=C5)C=C4)cc2)OC1(C)C. The van der Waals surface area contributed by atoms with Crippen LogP contribution in [-0.4, -0.2) is 93.2 Å². The van der Waals surface area contributed by atoms with Crippen LogP contribution in [0, 0.1) is 0 Å². The van der Waals surface area contributed by atoms with Crippen LogP contribution in [0.4, 0.5) is 0 Å². The number of aromatic nitrogens is 4. The molecule has 426 valence electrons. The van der Waals surface area contributed by atoms with Crippen molar-refractivity contribution in [1.82, 2.24) is 19.9 Å². The van der Waals surface area contributed by atoms with Crippen LogP contribution in [0.2, 0.25) is 0 Å². The molecule has 4 aromatic carbocycles. The Kier molecular flexibility index (Phi) is 13.1. The first-order chi connectivity index (χ1) is 39.5. The molecule has 6 aliphatic rings. The highest BCUT2D eigenvalue weighted by molar-refractivity contribution is 6.63. The maximum atomic E-state index is 6.53. The van der Waals surface area contributed by atoms with E-state index in [-0.39, 0.29) is 0 Å². The molecule has 6 aliphatic heterocycles. The van der Waals surface area contributed by atoms with Crippen LogP contribution in [0.15, 0.2) is 121 Å². The number of fused-ring (bicyclic) bond motifs is 8. The summed E-state index contributed by atoms with van der Waals surface area (Å²) in [6.45, 7) is 33.3. The van der Waals surface area contributed by atoms with Crippen molar-refractivity contribution < 1.29 is 37.2 Å². The smallest absolute Gasteiger partial charge is 0.399 e. The lowest BCUT2D eigenvalue weighted by atomic mass is 9.78. The third-order valence-electron chi connectivity index (χ3n) is 19.7. The average molecular weight is 1120 g/mol. The van der Waals surface area contributed by atoms with Crippen molar-refractivity contribution in [1.29, 1.82) is 0 Å². The van der Waals surface area contributed by atoms with Crippen molar-refractivity contribution in [2.24, 2.45) is 0 Å². The van der Waals surface area contributed by atoms with E-state index in [9.17, 15) is 0 Å². The molecule has 9 heterocycles. The van der Waals surface area contributed by atoms with Gasteiger partial charge in [0.25, 0.3) is 0 Å². The monoisotopic (exact) mass is 1120 g/mol. The minimum atomic E-state index is -0.519. The normalized spacial score (nSPS) is 21.0. The van der Waals surface area contributed by atoms with E-state index in [4.69, 9.17) is 47.2 Å². The van der Waals surface area contributed by atoms with Crippen LogP contribution in [0.1, 0.15) is 134 Å². The highest BCUT2D eigenvalue weighted by Crippen LogP contribution is 2.43. The lowest BCUT2D eigenvalue weighted by Crippen LogP contribution is -2.41. The Labute approximate surface area is 495 Å². The van der Waals surface area contributed by atoms with Crippen LogP contribution in [0.5, 0.6) is 0 Å². The molecule has 8 bridgehead atoms. The summed E-state index contributed by atoms with van der Waals surface area (Å²) in [7, 11) is -2.06. The zero-order chi connectivity index (χ0) is 59.3. The summed E-state index contributed by atoms with van der Waals surface area (Å²) in [6, 6.07) is 42.6. The Morgan fingerprint density at radius 3 is 0.679 bits per heavy atom. The molecule has 84 heavy (non-hydrogen) atoms. The third-order valence-corrected chi connectivity index (χ3v) is 19.7. The van der Waals surface area contributed by atoms with Gasteiger partial charge in [-0.15, -0.1) is 0 Å². The lowest BCUT2D eigenvalue weighted by molar-refractivity contribution is 0.00578. The molecule has 7 aromatic rings. The molecule has 16 heteroatoms. The van der Waals surface area contributed by atoms with Gasteiger partial charge < -0.3 is 47.2 Å². The minimum absolute atomic E-state index is 0.480. The van der Waals surface area contributed by atoms with Crippen molar-refractivity contribution in [2.45, 2.75) is 156 Å². The number of aromatic amines is 2. The molecule has 13 rings (SSSR count). The summed E-state index contributed by atoms with van der Waals surface area (Å²) in [5.41, 5.74) is 14.2. The molecular formula is C68H74B4N4O8. The van der Waals surface area contributed by atoms with Crippen LogP contribution in [0.3, 0.4) is 0 Å². The van der Waals surface area contributed by atoms with Gasteiger partial charge in [0.1, 0.15) is 0 Å². The number of nitrogens with one attached hydrogen (secondary N) is 2. The molecule has 0 saturated carbocycles. The fourth-order valence-electron chi connectivity index (χ4n) is 11.6. The standard InChI is InChI=1S/C68H74B4N4O8/c1-61(2)62(3,4)78-69(77-61)45-25-17-41(18-26-45)57-49-33-35-51(73-49)58(42-19-27-46(28-20-42)70-79-63(5,6)64(7,8)80-70)53-37-39-55(75-53)60(44-23-31-48(32-24-44)72-83-67(13,14)68(15,16)84-72)56-40-38-54(76-56)59(52-36-34-50(57)74-52)43-21-29-47(30-22-43)71-81-65(9,10)66(11,12)82-71/h17-40,73-74H,1-16H3. The van der Waals surface area contributed by atoms with Gasteiger partial charge in [-0.05, 0) is 203 Å². The zero-order valence-corrected chi connectivity index (χ0v) is 51.3. The van der Waals surface area contributed by atoms with Crippen LogP contribution in [-0.2, 0) is 37.2 Å². The number of H-pyrrole nitrogens is 2. The lowest BCUT2D eigenvalue weighted by Gasteiger charge is -2.32. The van der Waals surface area contributed by atoms with Gasteiger partial charge in [0.05, 0.1) is 67.6 Å². The molecule has 2 N–H and O–H groups in total. The second kappa shape index (κ2) is 19.5. The molecule has 0 amide bonds. The first-order valence-corrected chi connectivity index (χ1v) is 29.5. The molecule has 12 nitrogen and oxygen atoms in total. The Balaban J connectivity index is 1.04. The second-order valence-corrected chi connectivity index (χ2v) is 27.3. The fourth-order valence-corrected chi connectivity index (χ4v) is 11.6. The first kappa shape index (κ1) is 56.5. The van der Waals surface area contributed by atoms with Gasteiger partial charge >= 0.3 is 28.5 Å². The second-order valence-electron chi connectivity index (χ2n) is 27.3. The highest BCUT2D eigenvalue weighted by atomic mass is 16.7. The molecule has 0 radical (unpaired) electrons. The fraction of sp³-hybridized carbons (Fsp3) is 0.353. The van der Waals surface area contributed by atoms with Gasteiger partial charge in [-0.1, -0.05) is 97.1 Å². The number of nitrogens with zero attached hydrogens (tertiary/aromatic N) is 2. The van der Waals surface area contributed by atoms with Crippen molar-refractivity contribution in [3.8, 4) is 44.5 Å². The van der Waals surface area contributed by atoms with E-state index >= 15 is 0 Å². The van der Waals surface area contributed by atoms with Gasteiger partial charge in [0.15, 0.2) is 0 Å². The largest absolute Gasteiger partial charge is 0.494 e. The summed E-state index contributed by atoms with van der Waals surface area (Å²) in [6.07, 6.45) is 8.44. The molecule has 4 saturated heterocycles. The molecule has 0 spiro atoms. The highest BCUT2D eigenvalue weighted by Gasteiger charge is 2.55. The van der Waals surface area contributed by atoms with Gasteiger partial charge in [-0.25, -0.2) is 9.97 Å². The molecule has 0 aliphatic carbocycles. The number of hydrogen-bond acceptors (Lipinski definition) is 10. The molecule has 4 fully saturated rings. The van der Waals surface area contributed by atoms with Gasteiger partial charge in [0, 0.05) is 44.3 Å². The Morgan fingerprint density at radius 1 is 0.250 bits per heavy atom. The van der Waals surface area contributed by atoms with Crippen LogP contribution < -0.4 is 21.9 Å². The minimum Gasteiger partial charge on any atom is -0.399 e. The van der Waals surface area contributed by atoms with Crippen molar-refractivity contribution in [3.63, 3.8) is 0 Å². The van der Waals surface area contributed by atoms with Gasteiger partial charge in [-0.3, -0.25) is 0 Å². The molecule has 0 atom stereocenters. The summed E-state index contributed by atoms with van der Waals surface area (Å²) >= 11 is 0. The van der Waals surface area contributed by atoms with Crippen molar-refractivity contribution in [3.05, 3.63) is 144 Å². The average Bonchev–Trinajstić information content (AvgIpc) is 3.54. The predicted octanol–water partition coefficient (Wildman–Crippen LogP) is 12.5. The third kappa shape index (κ3) is 9.52. The summed E-state index contributed by atoms with van der Waals surface area (Å²) < 4.78 is 52.2. The summed E-state index contributed by atoms with van der Waals surface area (Å²) in [5.74, 6) is 0. The summed E-state index contributed by atoms with van der Waals surface area (Å²) in [4.78, 5) is 19.1. The van der Waals surface area contributed by atoms with E-state index in [1.165, 1.54) is 0 Å². The van der Waals surface area contributed by atoms with E-state index in [0.717, 1.165) is 111 Å². The van der Waals surface area contributed by atoms with E-state index < -0.39 is 73.3 Å². The molecule has 0 unspecified atom stereocenters. The van der Waals surface area contributed by atoms with Crippen molar-refractivity contribution in [2.75, 3.05) is 0 Å². The maximum Gasteiger partial charge on any atom is 0.494 e. The quantitative estimate of drug-likeness (QED) is 0.142. The Morgan fingerprint density at radius 2 is 0.440 bits per heavy atom.